The molecular weight excluding hydrogens is 296 g/mol. The molecular formula is C21H32N2O. The van der Waals surface area contributed by atoms with Crippen molar-refractivity contribution in [2.75, 3.05) is 23.9 Å². The predicted octanol–water partition coefficient (Wildman–Crippen LogP) is 6.05. The van der Waals surface area contributed by atoms with E-state index in [1.165, 1.54) is 11.1 Å². The number of urea groups is 1. The standard InChI is InChI=1S/C17H20N2O.2C2H6/c1-13-5-9-15(10-6-13)18(3)17(20)19(4)16-11-7-14(2)8-12-16;2*1-2/h5-12H,1-4H3;2*1-2H3. The minimum absolute atomic E-state index is 0.0577. The molecule has 0 N–H and O–H groups in total. The van der Waals surface area contributed by atoms with Gasteiger partial charge in [0.05, 0.1) is 0 Å². The zero-order valence-electron chi connectivity index (χ0n) is 16.4. The molecule has 3 nitrogen and oxygen atoms in total. The van der Waals surface area contributed by atoms with Crippen LogP contribution in [0.2, 0.25) is 0 Å². The van der Waals surface area contributed by atoms with Gasteiger partial charge in [0.2, 0.25) is 0 Å². The van der Waals surface area contributed by atoms with Crippen molar-refractivity contribution in [3.8, 4) is 0 Å². The molecule has 0 heterocycles. The predicted molar refractivity (Wildman–Crippen MR) is 107 cm³/mol. The Hall–Kier alpha value is -2.29. The van der Waals surface area contributed by atoms with E-state index in [1.807, 2.05) is 90.1 Å². The van der Waals surface area contributed by atoms with Crippen LogP contribution in [-0.4, -0.2) is 20.1 Å². The summed E-state index contributed by atoms with van der Waals surface area (Å²) in [4.78, 5) is 15.8. The van der Waals surface area contributed by atoms with Gasteiger partial charge in [-0.15, -0.1) is 0 Å². The van der Waals surface area contributed by atoms with E-state index in [0.29, 0.717) is 0 Å². The van der Waals surface area contributed by atoms with E-state index in [-0.39, 0.29) is 6.03 Å². The molecule has 0 spiro atoms. The largest absolute Gasteiger partial charge is 0.328 e. The molecule has 132 valence electrons. The lowest BCUT2D eigenvalue weighted by molar-refractivity contribution is 0.253. The van der Waals surface area contributed by atoms with Crippen LogP contribution in [0.5, 0.6) is 0 Å². The first-order chi connectivity index (χ1) is 11.5. The zero-order valence-corrected chi connectivity index (χ0v) is 16.4. The Morgan fingerprint density at radius 3 is 1.12 bits per heavy atom. The van der Waals surface area contributed by atoms with Crippen LogP contribution < -0.4 is 9.80 Å². The average Bonchev–Trinajstić information content (AvgIpc) is 2.64. The summed E-state index contributed by atoms with van der Waals surface area (Å²) in [5.74, 6) is 0. The van der Waals surface area contributed by atoms with Crippen LogP contribution in [0.25, 0.3) is 0 Å². The summed E-state index contributed by atoms with van der Waals surface area (Å²) in [5, 5.41) is 0. The number of carbonyl (C=O) groups excluding carboxylic acids is 1. The highest BCUT2D eigenvalue weighted by Crippen LogP contribution is 2.19. The molecule has 0 saturated heterocycles. The molecule has 0 radical (unpaired) electrons. The second-order valence-electron chi connectivity index (χ2n) is 5.07. The van der Waals surface area contributed by atoms with Crippen molar-refractivity contribution in [2.24, 2.45) is 0 Å². The Kier molecular flexibility index (Phi) is 10.2. The normalized spacial score (nSPS) is 9.00. The fraction of sp³-hybridized carbons (Fsp3) is 0.381. The summed E-state index contributed by atoms with van der Waals surface area (Å²) in [5.41, 5.74) is 4.14. The van der Waals surface area contributed by atoms with E-state index in [0.717, 1.165) is 11.4 Å². The van der Waals surface area contributed by atoms with Gasteiger partial charge < -0.3 is 0 Å². The van der Waals surface area contributed by atoms with Gasteiger partial charge in [-0.1, -0.05) is 63.1 Å². The monoisotopic (exact) mass is 328 g/mol. The van der Waals surface area contributed by atoms with Gasteiger partial charge in [0.1, 0.15) is 0 Å². The van der Waals surface area contributed by atoms with Crippen molar-refractivity contribution in [2.45, 2.75) is 41.5 Å². The SMILES string of the molecule is CC.CC.Cc1ccc(N(C)C(=O)N(C)c2ccc(C)cc2)cc1. The van der Waals surface area contributed by atoms with Crippen LogP contribution in [0.4, 0.5) is 16.2 Å². The highest BCUT2D eigenvalue weighted by Gasteiger charge is 2.16. The van der Waals surface area contributed by atoms with Crippen LogP contribution in [0.1, 0.15) is 38.8 Å². The summed E-state index contributed by atoms with van der Waals surface area (Å²) in [6.07, 6.45) is 0. The molecule has 2 aromatic rings. The Bertz CT molecular complexity index is 535. The summed E-state index contributed by atoms with van der Waals surface area (Å²) < 4.78 is 0. The van der Waals surface area contributed by atoms with E-state index in [9.17, 15) is 4.79 Å². The third kappa shape index (κ3) is 6.07. The minimum Gasteiger partial charge on any atom is -0.297 e. The fourth-order valence-electron chi connectivity index (χ4n) is 1.98. The number of hydrogen-bond donors (Lipinski definition) is 0. The quantitative estimate of drug-likeness (QED) is 0.658. The van der Waals surface area contributed by atoms with Crippen LogP contribution in [-0.2, 0) is 0 Å². The van der Waals surface area contributed by atoms with E-state index < -0.39 is 0 Å². The van der Waals surface area contributed by atoms with Crippen LogP contribution in [0, 0.1) is 13.8 Å². The summed E-state index contributed by atoms with van der Waals surface area (Å²) >= 11 is 0. The molecule has 0 unspecified atom stereocenters. The number of carbonyl (C=O) groups is 1. The van der Waals surface area contributed by atoms with Crippen molar-refractivity contribution in [3.63, 3.8) is 0 Å². The Labute approximate surface area is 147 Å². The van der Waals surface area contributed by atoms with Crippen molar-refractivity contribution < 1.29 is 4.79 Å². The first kappa shape index (κ1) is 21.7. The molecule has 0 bridgehead atoms. The molecule has 0 aliphatic heterocycles. The smallest absolute Gasteiger partial charge is 0.297 e. The van der Waals surface area contributed by atoms with Gasteiger partial charge in [-0.3, -0.25) is 9.80 Å². The van der Waals surface area contributed by atoms with Gasteiger partial charge in [-0.2, -0.15) is 0 Å². The van der Waals surface area contributed by atoms with Crippen molar-refractivity contribution in [1.29, 1.82) is 0 Å². The highest BCUT2D eigenvalue weighted by molar-refractivity contribution is 6.02. The Balaban J connectivity index is 0.00000123. The highest BCUT2D eigenvalue weighted by atomic mass is 16.2. The van der Waals surface area contributed by atoms with Gasteiger partial charge in [-0.05, 0) is 38.1 Å². The number of nitrogens with zero attached hydrogens (tertiary/aromatic N) is 2. The second kappa shape index (κ2) is 11.3. The van der Waals surface area contributed by atoms with Gasteiger partial charge in [-0.25, -0.2) is 4.79 Å². The maximum atomic E-state index is 12.5. The summed E-state index contributed by atoms with van der Waals surface area (Å²) in [6.45, 7) is 12.1. The molecule has 0 fully saturated rings. The van der Waals surface area contributed by atoms with Crippen molar-refractivity contribution >= 4 is 17.4 Å². The first-order valence-corrected chi connectivity index (χ1v) is 8.64. The number of rotatable bonds is 2. The van der Waals surface area contributed by atoms with E-state index in [2.05, 4.69) is 0 Å². The minimum atomic E-state index is -0.0577. The lowest BCUT2D eigenvalue weighted by Crippen LogP contribution is -2.38. The van der Waals surface area contributed by atoms with Crippen LogP contribution in [0.15, 0.2) is 48.5 Å². The summed E-state index contributed by atoms with van der Waals surface area (Å²) in [6, 6.07) is 15.8. The Morgan fingerprint density at radius 2 is 0.875 bits per heavy atom. The first-order valence-electron chi connectivity index (χ1n) is 8.64. The van der Waals surface area contributed by atoms with E-state index in [1.54, 1.807) is 23.9 Å². The zero-order chi connectivity index (χ0) is 18.7. The van der Waals surface area contributed by atoms with Crippen LogP contribution >= 0.6 is 0 Å². The van der Waals surface area contributed by atoms with Crippen molar-refractivity contribution in [1.82, 2.24) is 0 Å². The molecule has 0 aliphatic rings. The molecule has 0 saturated carbocycles. The third-order valence-corrected chi connectivity index (χ3v) is 3.42. The number of amides is 2. The molecule has 0 atom stereocenters. The number of aryl methyl sites for hydroxylation is 2. The molecule has 24 heavy (non-hydrogen) atoms. The van der Waals surface area contributed by atoms with Gasteiger partial charge in [0.25, 0.3) is 0 Å². The fourth-order valence-corrected chi connectivity index (χ4v) is 1.98. The Morgan fingerprint density at radius 1 is 0.625 bits per heavy atom. The van der Waals surface area contributed by atoms with Gasteiger partial charge >= 0.3 is 6.03 Å². The third-order valence-electron chi connectivity index (χ3n) is 3.42. The lowest BCUT2D eigenvalue weighted by atomic mass is 10.2. The lowest BCUT2D eigenvalue weighted by Gasteiger charge is -2.25. The molecule has 0 aliphatic carbocycles. The number of hydrogen-bond acceptors (Lipinski definition) is 1. The van der Waals surface area contributed by atoms with Crippen molar-refractivity contribution in [3.05, 3.63) is 59.7 Å². The number of anilines is 2. The van der Waals surface area contributed by atoms with Gasteiger partial charge in [0.15, 0.2) is 0 Å². The van der Waals surface area contributed by atoms with E-state index in [4.69, 9.17) is 0 Å². The summed E-state index contributed by atoms with van der Waals surface area (Å²) in [7, 11) is 3.58. The molecule has 2 amide bonds. The molecule has 0 aromatic heterocycles. The molecule has 2 rings (SSSR count). The average molecular weight is 328 g/mol. The molecule has 3 heteroatoms. The van der Waals surface area contributed by atoms with E-state index >= 15 is 0 Å². The molecule has 2 aromatic carbocycles. The second-order valence-corrected chi connectivity index (χ2v) is 5.07. The maximum Gasteiger partial charge on any atom is 0.328 e. The topological polar surface area (TPSA) is 23.6 Å². The van der Waals surface area contributed by atoms with Gasteiger partial charge in [0, 0.05) is 25.5 Å². The number of benzene rings is 2. The van der Waals surface area contributed by atoms with Crippen LogP contribution in [0.3, 0.4) is 0 Å². The maximum absolute atomic E-state index is 12.5.